The van der Waals surface area contributed by atoms with E-state index in [4.69, 9.17) is 4.74 Å². The summed E-state index contributed by atoms with van der Waals surface area (Å²) in [6.07, 6.45) is 2.22. The SMILES string of the molecule is COc1ccc2c(c1C)N1B(N2C)N(C)c2c(C)c(C)c[n+](C)c21. The number of anilines is 4. The van der Waals surface area contributed by atoms with E-state index >= 15 is 0 Å². The average Bonchev–Trinajstić information content (AvgIpc) is 3.00. The van der Waals surface area contributed by atoms with Gasteiger partial charge in [0.1, 0.15) is 17.1 Å². The first-order valence-corrected chi connectivity index (χ1v) is 8.30. The highest BCUT2D eigenvalue weighted by Crippen LogP contribution is 2.52. The van der Waals surface area contributed by atoms with Crippen LogP contribution in [0.2, 0.25) is 0 Å². The molecule has 0 saturated carbocycles. The van der Waals surface area contributed by atoms with E-state index in [1.807, 2.05) is 0 Å². The molecule has 1 aromatic carbocycles. The van der Waals surface area contributed by atoms with Gasteiger partial charge in [-0.15, -0.1) is 0 Å². The smallest absolute Gasteiger partial charge is 0.496 e. The van der Waals surface area contributed by atoms with Crippen LogP contribution >= 0.6 is 0 Å². The van der Waals surface area contributed by atoms with E-state index in [9.17, 15) is 0 Å². The molecule has 3 heterocycles. The molecule has 124 valence electrons. The van der Waals surface area contributed by atoms with Crippen molar-refractivity contribution in [2.75, 3.05) is 35.6 Å². The quantitative estimate of drug-likeness (QED) is 0.594. The molecule has 0 radical (unpaired) electrons. The van der Waals surface area contributed by atoms with E-state index in [2.05, 4.69) is 79.2 Å². The summed E-state index contributed by atoms with van der Waals surface area (Å²) >= 11 is 0. The Hall–Kier alpha value is -2.37. The lowest BCUT2D eigenvalue weighted by molar-refractivity contribution is -0.657. The number of aromatic nitrogens is 1. The van der Waals surface area contributed by atoms with Crippen LogP contribution in [-0.4, -0.2) is 28.3 Å². The van der Waals surface area contributed by atoms with E-state index in [1.165, 1.54) is 39.6 Å². The summed E-state index contributed by atoms with van der Waals surface area (Å²) in [6.45, 7) is 6.54. The van der Waals surface area contributed by atoms with Crippen molar-refractivity contribution in [2.45, 2.75) is 20.8 Å². The van der Waals surface area contributed by atoms with Crippen LogP contribution in [0.1, 0.15) is 16.7 Å². The number of nitrogens with zero attached hydrogens (tertiary/aromatic N) is 4. The molecule has 0 spiro atoms. The molecule has 1 aromatic heterocycles. The van der Waals surface area contributed by atoms with Gasteiger partial charge in [-0.1, -0.05) is 0 Å². The van der Waals surface area contributed by atoms with Gasteiger partial charge in [0.25, 0.3) is 5.82 Å². The van der Waals surface area contributed by atoms with Gasteiger partial charge < -0.3 is 14.4 Å². The largest absolute Gasteiger partial charge is 0.634 e. The number of rotatable bonds is 1. The molecular formula is C18H24BN4O+. The maximum absolute atomic E-state index is 5.58. The number of hydrogen-bond donors (Lipinski definition) is 0. The number of methoxy groups -OCH3 is 1. The molecule has 0 amide bonds. The first kappa shape index (κ1) is 15.2. The molecule has 5 nitrogen and oxygen atoms in total. The zero-order valence-corrected chi connectivity index (χ0v) is 15.5. The average molecular weight is 323 g/mol. The predicted molar refractivity (Wildman–Crippen MR) is 99.5 cm³/mol. The molecule has 0 saturated heterocycles. The summed E-state index contributed by atoms with van der Waals surface area (Å²) < 4.78 is 7.82. The summed E-state index contributed by atoms with van der Waals surface area (Å²) in [6, 6.07) is 4.22. The third-order valence-electron chi connectivity index (χ3n) is 5.59. The van der Waals surface area contributed by atoms with Crippen LogP contribution in [0.15, 0.2) is 18.3 Å². The Kier molecular flexibility index (Phi) is 3.05. The molecule has 0 fully saturated rings. The Morgan fingerprint density at radius 1 is 1.00 bits per heavy atom. The van der Waals surface area contributed by atoms with E-state index in [-0.39, 0.29) is 7.12 Å². The van der Waals surface area contributed by atoms with Gasteiger partial charge in [0.05, 0.1) is 26.0 Å². The van der Waals surface area contributed by atoms with Gasteiger partial charge >= 0.3 is 7.12 Å². The van der Waals surface area contributed by atoms with E-state index in [0.29, 0.717) is 0 Å². The standard InChI is InChI=1S/C18H24BN4O/c1-11-10-20(4)18-17(12(11)2)22(6)19-21(5)14-8-9-15(24-7)13(3)16(14)23(18)19/h8-10H,1-7H3/q+1. The normalized spacial score (nSPS) is 15.0. The summed E-state index contributed by atoms with van der Waals surface area (Å²) in [5.74, 6) is 2.18. The highest BCUT2D eigenvalue weighted by molar-refractivity contribution is 6.77. The predicted octanol–water partition coefficient (Wildman–Crippen LogP) is 2.47. The minimum Gasteiger partial charge on any atom is -0.496 e. The second-order valence-corrected chi connectivity index (χ2v) is 6.92. The second-order valence-electron chi connectivity index (χ2n) is 6.92. The summed E-state index contributed by atoms with van der Waals surface area (Å²) in [5, 5.41) is 0. The Labute approximate surface area is 144 Å². The number of aryl methyl sites for hydroxylation is 2. The van der Waals surface area contributed by atoms with Crippen molar-refractivity contribution in [3.05, 3.63) is 35.0 Å². The van der Waals surface area contributed by atoms with Crippen LogP contribution in [0.5, 0.6) is 5.75 Å². The summed E-state index contributed by atoms with van der Waals surface area (Å²) in [7, 11) is 8.38. The fourth-order valence-electron chi connectivity index (χ4n) is 4.33. The first-order chi connectivity index (χ1) is 11.4. The van der Waals surface area contributed by atoms with Crippen molar-refractivity contribution in [2.24, 2.45) is 7.05 Å². The van der Waals surface area contributed by atoms with Crippen molar-refractivity contribution in [3.8, 4) is 5.75 Å². The maximum atomic E-state index is 5.58. The number of hydrogen-bond acceptors (Lipinski definition) is 4. The molecule has 2 aliphatic rings. The monoisotopic (exact) mass is 323 g/mol. The number of benzene rings is 1. The van der Waals surface area contributed by atoms with Gasteiger partial charge in [-0.25, -0.2) is 9.38 Å². The Bertz CT molecular complexity index is 867. The van der Waals surface area contributed by atoms with Gasteiger partial charge in [0.2, 0.25) is 0 Å². The lowest BCUT2D eigenvalue weighted by atomic mass is 9.89. The maximum Gasteiger partial charge on any atom is 0.634 e. The molecule has 2 aliphatic heterocycles. The summed E-state index contributed by atoms with van der Waals surface area (Å²) in [4.78, 5) is 7.16. The Morgan fingerprint density at radius 2 is 1.71 bits per heavy atom. The molecule has 0 aliphatic carbocycles. The molecular weight excluding hydrogens is 299 g/mol. The lowest BCUT2D eigenvalue weighted by Crippen LogP contribution is -2.53. The van der Waals surface area contributed by atoms with Crippen LogP contribution in [0.4, 0.5) is 22.9 Å². The van der Waals surface area contributed by atoms with Gasteiger partial charge in [0, 0.05) is 5.56 Å². The molecule has 2 aromatic rings. The Balaban J connectivity index is 2.04. The fourth-order valence-corrected chi connectivity index (χ4v) is 4.33. The lowest BCUT2D eigenvalue weighted by Gasteiger charge is -2.21. The highest BCUT2D eigenvalue weighted by Gasteiger charge is 2.59. The number of fused-ring (bicyclic) bond motifs is 5. The van der Waals surface area contributed by atoms with Crippen molar-refractivity contribution in [1.29, 1.82) is 0 Å². The van der Waals surface area contributed by atoms with Crippen molar-refractivity contribution < 1.29 is 9.30 Å². The third-order valence-corrected chi connectivity index (χ3v) is 5.59. The number of ether oxygens (including phenoxy) is 1. The number of pyridine rings is 1. The molecule has 0 bridgehead atoms. The van der Waals surface area contributed by atoms with Gasteiger partial charge in [0.15, 0.2) is 0 Å². The van der Waals surface area contributed by atoms with Crippen LogP contribution in [0.3, 0.4) is 0 Å². The van der Waals surface area contributed by atoms with E-state index < -0.39 is 0 Å². The molecule has 0 N–H and O–H groups in total. The molecule has 0 atom stereocenters. The zero-order chi connectivity index (χ0) is 17.3. The molecule has 24 heavy (non-hydrogen) atoms. The molecule has 4 rings (SSSR count). The van der Waals surface area contributed by atoms with Crippen molar-refractivity contribution in [1.82, 2.24) is 0 Å². The van der Waals surface area contributed by atoms with Gasteiger partial charge in [-0.2, -0.15) is 0 Å². The van der Waals surface area contributed by atoms with E-state index in [1.54, 1.807) is 7.11 Å². The first-order valence-electron chi connectivity index (χ1n) is 8.30. The van der Waals surface area contributed by atoms with Crippen LogP contribution < -0.4 is 23.7 Å². The Morgan fingerprint density at radius 3 is 2.38 bits per heavy atom. The molecule has 0 unspecified atom stereocenters. The topological polar surface area (TPSA) is 22.8 Å². The molecule has 6 heteroatoms. The third kappa shape index (κ3) is 1.63. The zero-order valence-electron chi connectivity index (χ0n) is 15.5. The van der Waals surface area contributed by atoms with Crippen molar-refractivity contribution in [3.63, 3.8) is 0 Å². The minimum absolute atomic E-state index is 0.160. The summed E-state index contributed by atoms with van der Waals surface area (Å²) in [5.41, 5.74) is 7.64. The van der Waals surface area contributed by atoms with E-state index in [0.717, 1.165) is 5.75 Å². The highest BCUT2D eigenvalue weighted by atomic mass is 16.5. The van der Waals surface area contributed by atoms with Crippen LogP contribution in [-0.2, 0) is 7.05 Å². The van der Waals surface area contributed by atoms with Crippen LogP contribution in [0, 0.1) is 20.8 Å². The van der Waals surface area contributed by atoms with Crippen LogP contribution in [0.25, 0.3) is 0 Å². The minimum atomic E-state index is 0.160. The fraction of sp³-hybridized carbons (Fsp3) is 0.389. The second kappa shape index (κ2) is 4.82. The van der Waals surface area contributed by atoms with Gasteiger partial charge in [-0.05, 0) is 58.1 Å². The van der Waals surface area contributed by atoms with Crippen molar-refractivity contribution >= 4 is 30.0 Å². The van der Waals surface area contributed by atoms with Gasteiger partial charge in [-0.3, -0.25) is 0 Å².